The first-order valence-corrected chi connectivity index (χ1v) is 7.11. The topological polar surface area (TPSA) is 67.4 Å². The average molecular weight is 334 g/mol. The molecule has 0 aliphatic carbocycles. The molecule has 0 spiro atoms. The molecule has 2 amide bonds. The van der Waals surface area contributed by atoms with Crippen LogP contribution < -0.4 is 15.6 Å². The van der Waals surface area contributed by atoms with E-state index in [2.05, 4.69) is 5.43 Å². The Morgan fingerprint density at radius 1 is 1.04 bits per heavy atom. The van der Waals surface area contributed by atoms with Crippen LogP contribution in [0.2, 0.25) is 0 Å². The molecule has 0 fully saturated rings. The molecule has 0 saturated carbocycles. The highest BCUT2D eigenvalue weighted by molar-refractivity contribution is 5.95. The summed E-state index contributed by atoms with van der Waals surface area (Å²) in [6, 6.07) is 8.08. The maximum Gasteiger partial charge on any atom is 0.276 e. The summed E-state index contributed by atoms with van der Waals surface area (Å²) in [6.45, 7) is 3.37. The first kappa shape index (κ1) is 17.4. The van der Waals surface area contributed by atoms with E-state index in [-0.39, 0.29) is 12.2 Å². The van der Waals surface area contributed by atoms with Gasteiger partial charge in [0.15, 0.2) is 6.61 Å². The summed E-state index contributed by atoms with van der Waals surface area (Å²) in [5.74, 6) is -2.74. The fourth-order valence-electron chi connectivity index (χ4n) is 2.07. The zero-order valence-corrected chi connectivity index (χ0v) is 13.2. The molecule has 7 heteroatoms. The molecule has 2 rings (SSSR count). The number of carbonyl (C=O) groups is 2. The second-order valence-corrected chi connectivity index (χ2v) is 5.14. The molecular weight excluding hydrogens is 318 g/mol. The standard InChI is InChI=1S/C17H16F2N2O3/c1-10-4-3-5-11(2)16(10)24-9-15(22)20-21-17(23)13-7-6-12(18)8-14(13)19/h3-8H,9H2,1-2H3,(H,20,22)(H,21,23). The second kappa shape index (κ2) is 7.54. The van der Waals surface area contributed by atoms with Crippen LogP contribution in [0.5, 0.6) is 5.75 Å². The van der Waals surface area contributed by atoms with Crippen molar-refractivity contribution in [3.05, 3.63) is 64.7 Å². The van der Waals surface area contributed by atoms with Gasteiger partial charge >= 0.3 is 0 Å². The zero-order valence-electron chi connectivity index (χ0n) is 13.2. The largest absolute Gasteiger partial charge is 0.483 e. The lowest BCUT2D eigenvalue weighted by atomic mass is 10.1. The minimum atomic E-state index is -1.02. The molecule has 5 nitrogen and oxygen atoms in total. The average Bonchev–Trinajstić information content (AvgIpc) is 2.52. The van der Waals surface area contributed by atoms with Crippen molar-refractivity contribution < 1.29 is 23.1 Å². The number of aryl methyl sites for hydroxylation is 2. The Balaban J connectivity index is 1.88. The van der Waals surface area contributed by atoms with E-state index in [1.807, 2.05) is 37.5 Å². The van der Waals surface area contributed by atoms with Crippen LogP contribution in [-0.4, -0.2) is 18.4 Å². The summed E-state index contributed by atoms with van der Waals surface area (Å²) >= 11 is 0. The molecule has 0 radical (unpaired) electrons. The third kappa shape index (κ3) is 4.28. The van der Waals surface area contributed by atoms with Gasteiger partial charge in [0.1, 0.15) is 17.4 Å². The molecule has 2 N–H and O–H groups in total. The first-order valence-electron chi connectivity index (χ1n) is 7.11. The lowest BCUT2D eigenvalue weighted by molar-refractivity contribution is -0.123. The molecule has 24 heavy (non-hydrogen) atoms. The minimum absolute atomic E-state index is 0.322. The molecule has 0 aromatic heterocycles. The smallest absolute Gasteiger partial charge is 0.276 e. The molecule has 0 saturated heterocycles. The molecule has 0 aliphatic heterocycles. The predicted molar refractivity (Wildman–Crippen MR) is 83.4 cm³/mol. The normalized spacial score (nSPS) is 10.2. The van der Waals surface area contributed by atoms with Gasteiger partial charge in [0, 0.05) is 6.07 Å². The Hall–Kier alpha value is -2.96. The van der Waals surface area contributed by atoms with Crippen LogP contribution >= 0.6 is 0 Å². The maximum atomic E-state index is 13.4. The van der Waals surface area contributed by atoms with Crippen LogP contribution in [0.25, 0.3) is 0 Å². The number of benzene rings is 2. The number of carbonyl (C=O) groups excluding carboxylic acids is 2. The van der Waals surface area contributed by atoms with Crippen LogP contribution in [0.3, 0.4) is 0 Å². The van der Waals surface area contributed by atoms with Gasteiger partial charge in [0.25, 0.3) is 11.8 Å². The summed E-state index contributed by atoms with van der Waals surface area (Å²) in [4.78, 5) is 23.4. The van der Waals surface area contributed by atoms with Crippen molar-refractivity contribution in [3.63, 3.8) is 0 Å². The van der Waals surface area contributed by atoms with Crippen molar-refractivity contribution in [1.82, 2.24) is 10.9 Å². The third-order valence-corrected chi connectivity index (χ3v) is 3.25. The van der Waals surface area contributed by atoms with E-state index in [4.69, 9.17) is 4.74 Å². The predicted octanol–water partition coefficient (Wildman–Crippen LogP) is 2.42. The Bertz CT molecular complexity index is 758. The van der Waals surface area contributed by atoms with Crippen molar-refractivity contribution in [2.75, 3.05) is 6.61 Å². The molecule has 0 aliphatic rings. The van der Waals surface area contributed by atoms with Gasteiger partial charge in [0.05, 0.1) is 5.56 Å². The van der Waals surface area contributed by atoms with Crippen molar-refractivity contribution >= 4 is 11.8 Å². The fourth-order valence-corrected chi connectivity index (χ4v) is 2.07. The Morgan fingerprint density at radius 3 is 2.33 bits per heavy atom. The number of hydrazine groups is 1. The summed E-state index contributed by atoms with van der Waals surface area (Å²) in [7, 11) is 0. The molecule has 0 bridgehead atoms. The molecule has 2 aromatic carbocycles. The van der Waals surface area contributed by atoms with Crippen LogP contribution in [0.15, 0.2) is 36.4 Å². The quantitative estimate of drug-likeness (QED) is 0.844. The van der Waals surface area contributed by atoms with Crippen LogP contribution in [0.4, 0.5) is 8.78 Å². The van der Waals surface area contributed by atoms with E-state index in [9.17, 15) is 18.4 Å². The van der Waals surface area contributed by atoms with Crippen LogP contribution in [-0.2, 0) is 4.79 Å². The molecule has 0 heterocycles. The number of hydrogen-bond acceptors (Lipinski definition) is 3. The minimum Gasteiger partial charge on any atom is -0.483 e. The molecular formula is C17H16F2N2O3. The number of amides is 2. The highest BCUT2D eigenvalue weighted by Gasteiger charge is 2.13. The summed E-state index contributed by atoms with van der Waals surface area (Å²) in [5.41, 5.74) is 5.52. The molecule has 126 valence electrons. The van der Waals surface area contributed by atoms with Gasteiger partial charge in [-0.3, -0.25) is 20.4 Å². The highest BCUT2D eigenvalue weighted by atomic mass is 19.1. The van der Waals surface area contributed by atoms with E-state index in [1.54, 1.807) is 0 Å². The number of rotatable bonds is 4. The van der Waals surface area contributed by atoms with Crippen molar-refractivity contribution in [3.8, 4) is 5.75 Å². The number of nitrogens with one attached hydrogen (secondary N) is 2. The fraction of sp³-hybridized carbons (Fsp3) is 0.176. The number of ether oxygens (including phenoxy) is 1. The number of halogens is 2. The van der Waals surface area contributed by atoms with Crippen molar-refractivity contribution in [2.24, 2.45) is 0 Å². The number of para-hydroxylation sites is 1. The van der Waals surface area contributed by atoms with E-state index in [1.165, 1.54) is 0 Å². The van der Waals surface area contributed by atoms with Gasteiger partial charge in [-0.15, -0.1) is 0 Å². The summed E-state index contributed by atoms with van der Waals surface area (Å²) < 4.78 is 31.7. The van der Waals surface area contributed by atoms with E-state index >= 15 is 0 Å². The maximum absolute atomic E-state index is 13.4. The first-order chi connectivity index (χ1) is 11.4. The van der Waals surface area contributed by atoms with Crippen molar-refractivity contribution in [2.45, 2.75) is 13.8 Å². The van der Waals surface area contributed by atoms with Gasteiger partial charge < -0.3 is 4.74 Å². The van der Waals surface area contributed by atoms with Crippen LogP contribution in [0, 0.1) is 25.5 Å². The van der Waals surface area contributed by atoms with Gasteiger partial charge in [-0.1, -0.05) is 18.2 Å². The molecule has 2 aromatic rings. The van der Waals surface area contributed by atoms with E-state index in [0.717, 1.165) is 23.3 Å². The lowest BCUT2D eigenvalue weighted by Gasteiger charge is -2.12. The Labute approximate surface area is 137 Å². The third-order valence-electron chi connectivity index (χ3n) is 3.25. The number of hydrogen-bond donors (Lipinski definition) is 2. The molecule has 0 unspecified atom stereocenters. The van der Waals surface area contributed by atoms with Crippen molar-refractivity contribution in [1.29, 1.82) is 0 Å². The van der Waals surface area contributed by atoms with Crippen LogP contribution in [0.1, 0.15) is 21.5 Å². The highest BCUT2D eigenvalue weighted by Crippen LogP contribution is 2.21. The second-order valence-electron chi connectivity index (χ2n) is 5.14. The van der Waals surface area contributed by atoms with Gasteiger partial charge in [-0.25, -0.2) is 8.78 Å². The Kier molecular flexibility index (Phi) is 5.47. The Morgan fingerprint density at radius 2 is 1.71 bits per heavy atom. The monoisotopic (exact) mass is 334 g/mol. The van der Waals surface area contributed by atoms with Gasteiger partial charge in [-0.05, 0) is 37.1 Å². The van der Waals surface area contributed by atoms with Gasteiger partial charge in [-0.2, -0.15) is 0 Å². The van der Waals surface area contributed by atoms with Gasteiger partial charge in [0.2, 0.25) is 0 Å². The van der Waals surface area contributed by atoms with E-state index in [0.29, 0.717) is 11.8 Å². The summed E-state index contributed by atoms with van der Waals surface area (Å²) in [6.07, 6.45) is 0. The SMILES string of the molecule is Cc1cccc(C)c1OCC(=O)NNC(=O)c1ccc(F)cc1F. The molecule has 0 atom stereocenters. The lowest BCUT2D eigenvalue weighted by Crippen LogP contribution is -2.44. The zero-order chi connectivity index (χ0) is 17.7. The van der Waals surface area contributed by atoms with E-state index < -0.39 is 23.4 Å². The summed E-state index contributed by atoms with van der Waals surface area (Å²) in [5, 5.41) is 0.